The van der Waals surface area contributed by atoms with Crippen LogP contribution in [0.25, 0.3) is 0 Å². The molecule has 2 aromatic carbocycles. The number of rotatable bonds is 4. The van der Waals surface area contributed by atoms with Crippen LogP contribution in [0.15, 0.2) is 46.0 Å². The van der Waals surface area contributed by atoms with E-state index < -0.39 is 11.8 Å². The lowest BCUT2D eigenvalue weighted by Gasteiger charge is -2.10. The Morgan fingerprint density at radius 3 is 2.08 bits per heavy atom. The van der Waals surface area contributed by atoms with E-state index >= 15 is 0 Å². The average Bonchev–Trinajstić information content (AvgIpc) is 2.85. The number of carbonyl (C=O) groups is 2. The first kappa shape index (κ1) is 16.2. The first-order valence-corrected chi connectivity index (χ1v) is 7.79. The zero-order chi connectivity index (χ0) is 17.3. The van der Waals surface area contributed by atoms with Crippen molar-refractivity contribution in [2.75, 3.05) is 14.2 Å². The van der Waals surface area contributed by atoms with Gasteiger partial charge in [-0.2, -0.15) is 10.1 Å². The van der Waals surface area contributed by atoms with Crippen LogP contribution in [0.5, 0.6) is 11.5 Å². The lowest BCUT2D eigenvalue weighted by Crippen LogP contribution is -2.24. The number of benzene rings is 2. The molecule has 24 heavy (non-hydrogen) atoms. The molecule has 0 saturated carbocycles. The summed E-state index contributed by atoms with van der Waals surface area (Å²) in [6.45, 7) is 0. The quantitative estimate of drug-likeness (QED) is 0.596. The predicted molar refractivity (Wildman–Crippen MR) is 91.8 cm³/mol. The third kappa shape index (κ3) is 2.67. The molecule has 0 atom stereocenters. The van der Waals surface area contributed by atoms with Crippen molar-refractivity contribution in [2.24, 2.45) is 5.10 Å². The molecule has 3 rings (SSSR count). The molecule has 1 heterocycles. The smallest absolute Gasteiger partial charge is 0.282 e. The van der Waals surface area contributed by atoms with E-state index in [9.17, 15) is 9.59 Å². The molecule has 0 spiro atoms. The molecule has 0 N–H and O–H groups in total. The monoisotopic (exact) mass is 388 g/mol. The number of hydrogen-bond acceptors (Lipinski definition) is 5. The molecule has 6 nitrogen and oxygen atoms in total. The van der Waals surface area contributed by atoms with Crippen molar-refractivity contribution in [3.8, 4) is 11.5 Å². The molecule has 0 bridgehead atoms. The van der Waals surface area contributed by atoms with Gasteiger partial charge in [0.1, 0.15) is 0 Å². The molecule has 0 aliphatic carbocycles. The van der Waals surface area contributed by atoms with Gasteiger partial charge in [-0.25, -0.2) is 0 Å². The molecule has 2 amide bonds. The normalized spacial score (nSPS) is 13.5. The molecule has 0 radical (unpaired) electrons. The summed E-state index contributed by atoms with van der Waals surface area (Å²) in [7, 11) is 3.06. The van der Waals surface area contributed by atoms with Gasteiger partial charge in [0.2, 0.25) is 0 Å². The highest BCUT2D eigenvalue weighted by Gasteiger charge is 2.35. The van der Waals surface area contributed by atoms with Gasteiger partial charge in [-0.15, -0.1) is 0 Å². The van der Waals surface area contributed by atoms with E-state index in [4.69, 9.17) is 9.47 Å². The molecule has 0 unspecified atom stereocenters. The summed E-state index contributed by atoms with van der Waals surface area (Å²) in [5, 5.41) is 4.90. The Balaban J connectivity index is 1.93. The van der Waals surface area contributed by atoms with Crippen LogP contribution in [-0.4, -0.2) is 37.3 Å². The Morgan fingerprint density at radius 1 is 1.00 bits per heavy atom. The lowest BCUT2D eigenvalue weighted by molar-refractivity contribution is 0.0660. The summed E-state index contributed by atoms with van der Waals surface area (Å²) >= 11 is 3.40. The molecular weight excluding hydrogens is 376 g/mol. The molecule has 1 aliphatic rings. The van der Waals surface area contributed by atoms with Gasteiger partial charge >= 0.3 is 0 Å². The largest absolute Gasteiger partial charge is 0.493 e. The van der Waals surface area contributed by atoms with Crippen molar-refractivity contribution < 1.29 is 19.1 Å². The first-order chi connectivity index (χ1) is 11.6. The van der Waals surface area contributed by atoms with E-state index in [1.807, 2.05) is 0 Å². The zero-order valence-electron chi connectivity index (χ0n) is 12.9. The van der Waals surface area contributed by atoms with Crippen molar-refractivity contribution >= 4 is 34.0 Å². The first-order valence-electron chi connectivity index (χ1n) is 7.00. The van der Waals surface area contributed by atoms with Crippen molar-refractivity contribution in [3.63, 3.8) is 0 Å². The fourth-order valence-electron chi connectivity index (χ4n) is 2.37. The summed E-state index contributed by atoms with van der Waals surface area (Å²) in [6, 6.07) is 10.1. The zero-order valence-corrected chi connectivity index (χ0v) is 14.5. The number of amides is 2. The average molecular weight is 389 g/mol. The third-order valence-electron chi connectivity index (χ3n) is 3.59. The number of nitrogens with zero attached hydrogens (tertiary/aromatic N) is 2. The van der Waals surface area contributed by atoms with Crippen molar-refractivity contribution in [1.29, 1.82) is 0 Å². The van der Waals surface area contributed by atoms with E-state index in [1.165, 1.54) is 20.4 Å². The molecule has 7 heteroatoms. The summed E-state index contributed by atoms with van der Waals surface area (Å²) in [5.74, 6) is 0.193. The minimum Gasteiger partial charge on any atom is -0.493 e. The fraction of sp³-hybridized carbons (Fsp3) is 0.118. The highest BCUT2D eigenvalue weighted by molar-refractivity contribution is 9.10. The number of hydrogen-bond donors (Lipinski definition) is 0. The maximum absolute atomic E-state index is 12.3. The van der Waals surface area contributed by atoms with Crippen LogP contribution < -0.4 is 9.47 Å². The maximum Gasteiger partial charge on any atom is 0.282 e. The Morgan fingerprint density at radius 2 is 1.54 bits per heavy atom. The summed E-state index contributed by atoms with van der Waals surface area (Å²) < 4.78 is 11.1. The molecule has 0 aromatic heterocycles. The van der Waals surface area contributed by atoms with E-state index in [2.05, 4.69) is 21.0 Å². The van der Waals surface area contributed by atoms with E-state index in [1.54, 1.807) is 36.4 Å². The number of hydrazone groups is 1. The van der Waals surface area contributed by atoms with Gasteiger partial charge in [-0.1, -0.05) is 12.1 Å². The Labute approximate surface area is 146 Å². The minimum atomic E-state index is -0.441. The van der Waals surface area contributed by atoms with E-state index in [0.29, 0.717) is 32.7 Å². The van der Waals surface area contributed by atoms with Gasteiger partial charge in [-0.3, -0.25) is 9.59 Å². The highest BCUT2D eigenvalue weighted by atomic mass is 79.9. The van der Waals surface area contributed by atoms with Crippen LogP contribution >= 0.6 is 15.9 Å². The molecular formula is C17H13BrN2O4. The van der Waals surface area contributed by atoms with Crippen LogP contribution in [0.3, 0.4) is 0 Å². The van der Waals surface area contributed by atoms with E-state index in [-0.39, 0.29) is 0 Å². The minimum absolute atomic E-state index is 0.353. The van der Waals surface area contributed by atoms with Crippen LogP contribution in [0, 0.1) is 0 Å². The van der Waals surface area contributed by atoms with Gasteiger partial charge < -0.3 is 9.47 Å². The second-order valence-electron chi connectivity index (χ2n) is 4.94. The molecule has 122 valence electrons. The van der Waals surface area contributed by atoms with Gasteiger partial charge in [0.15, 0.2) is 11.5 Å². The topological polar surface area (TPSA) is 68.2 Å². The maximum atomic E-state index is 12.3. The molecule has 0 fully saturated rings. The third-order valence-corrected chi connectivity index (χ3v) is 4.27. The number of methoxy groups -OCH3 is 2. The Hall–Kier alpha value is -2.67. The summed E-state index contributed by atoms with van der Waals surface area (Å²) in [4.78, 5) is 24.5. The van der Waals surface area contributed by atoms with E-state index in [0.717, 1.165) is 5.01 Å². The van der Waals surface area contributed by atoms with Gasteiger partial charge in [0.25, 0.3) is 11.8 Å². The number of fused-ring (bicyclic) bond motifs is 1. The van der Waals surface area contributed by atoms with Crippen LogP contribution in [0.4, 0.5) is 0 Å². The standard InChI is InChI=1S/C17H13BrN2O4/c1-23-14-7-10(13(18)8-15(14)24-2)9-19-20-16(21)11-5-3-4-6-12(11)17(20)22/h3-9H,1-2H3. The predicted octanol–water partition coefficient (Wildman–Crippen LogP) is 3.10. The van der Waals surface area contributed by atoms with Crippen molar-refractivity contribution in [1.82, 2.24) is 5.01 Å². The van der Waals surface area contributed by atoms with Gasteiger partial charge in [-0.05, 0) is 40.2 Å². The summed E-state index contributed by atoms with van der Waals surface area (Å²) in [5.41, 5.74) is 1.35. The van der Waals surface area contributed by atoms with Crippen LogP contribution in [0.1, 0.15) is 26.3 Å². The van der Waals surface area contributed by atoms with Crippen molar-refractivity contribution in [2.45, 2.75) is 0 Å². The molecule has 0 saturated heterocycles. The second kappa shape index (κ2) is 6.45. The van der Waals surface area contributed by atoms with Crippen LogP contribution in [-0.2, 0) is 0 Å². The highest BCUT2D eigenvalue weighted by Crippen LogP contribution is 2.32. The van der Waals surface area contributed by atoms with Crippen LogP contribution in [0.2, 0.25) is 0 Å². The number of halogens is 1. The van der Waals surface area contributed by atoms with Gasteiger partial charge in [0, 0.05) is 10.0 Å². The molecule has 1 aliphatic heterocycles. The second-order valence-corrected chi connectivity index (χ2v) is 5.80. The molecule has 2 aromatic rings. The number of ether oxygens (including phenoxy) is 2. The fourth-order valence-corrected chi connectivity index (χ4v) is 2.79. The number of imide groups is 1. The lowest BCUT2D eigenvalue weighted by atomic mass is 10.1. The Kier molecular flexibility index (Phi) is 4.35. The van der Waals surface area contributed by atoms with Crippen molar-refractivity contribution in [3.05, 3.63) is 57.6 Å². The summed E-state index contributed by atoms with van der Waals surface area (Å²) in [6.07, 6.45) is 1.42. The van der Waals surface area contributed by atoms with Gasteiger partial charge in [0.05, 0.1) is 31.6 Å². The SMILES string of the molecule is COc1cc(Br)c(C=NN2C(=O)c3ccccc3C2=O)cc1OC. The Bertz CT molecular complexity index is 829. The number of carbonyl (C=O) groups excluding carboxylic acids is 2.